The van der Waals surface area contributed by atoms with Gasteiger partial charge in [-0.1, -0.05) is 71.7 Å². The normalized spacial score (nSPS) is 13.2. The maximum atomic E-state index is 15.0. The van der Waals surface area contributed by atoms with Crippen molar-refractivity contribution in [1.82, 2.24) is 3.97 Å². The number of rotatable bonds is 7. The first-order valence-corrected chi connectivity index (χ1v) is 15.5. The number of nitrogens with zero attached hydrogens (tertiary/aromatic N) is 1. The third-order valence-electron chi connectivity index (χ3n) is 7.87. The van der Waals surface area contributed by atoms with Crippen molar-refractivity contribution < 1.29 is 19.0 Å². The summed E-state index contributed by atoms with van der Waals surface area (Å²) in [5, 5.41) is 11.2. The summed E-state index contributed by atoms with van der Waals surface area (Å²) in [6.45, 7) is 1.28. The van der Waals surface area contributed by atoms with Gasteiger partial charge in [-0.3, -0.25) is 3.97 Å². The minimum atomic E-state index is -1.04. The van der Waals surface area contributed by atoms with E-state index in [2.05, 4.69) is 16.1 Å². The standard InChI is InChI=1S/C36H24Cl2FNO3S/c37-25-9-12-27(13-10-25)44-40-33-15-11-26(39)18-31(33)34(30-7-2-1-6-28(30)24-19-43-20-24)35(40)22-5-3-4-21(16-22)29-14-8-23(36(41)42)17-32(29)38/h1-18,24H,19-20H2,(H,41,42). The number of ether oxygens (including phenoxy) is 1. The molecular weight excluding hydrogens is 616 g/mol. The number of carbonyl (C=O) groups is 1. The average Bonchev–Trinajstić information content (AvgIpc) is 3.30. The molecule has 0 atom stereocenters. The lowest BCUT2D eigenvalue weighted by Crippen LogP contribution is -2.25. The van der Waals surface area contributed by atoms with Gasteiger partial charge in [0.05, 0.1) is 30.0 Å². The van der Waals surface area contributed by atoms with E-state index in [0.29, 0.717) is 28.8 Å². The third-order valence-corrected chi connectivity index (χ3v) is 9.48. The molecule has 5 aromatic carbocycles. The molecule has 7 rings (SSSR count). The molecule has 0 unspecified atom stereocenters. The first-order chi connectivity index (χ1) is 21.4. The molecule has 6 aromatic rings. The highest BCUT2D eigenvalue weighted by Crippen LogP contribution is 2.48. The highest BCUT2D eigenvalue weighted by Gasteiger charge is 2.28. The number of carboxylic acid groups (broad SMARTS) is 1. The second-order valence-electron chi connectivity index (χ2n) is 10.6. The van der Waals surface area contributed by atoms with Crippen LogP contribution in [0.25, 0.3) is 44.4 Å². The maximum Gasteiger partial charge on any atom is 0.335 e. The Morgan fingerprint density at radius 1 is 0.841 bits per heavy atom. The Kier molecular flexibility index (Phi) is 7.69. The van der Waals surface area contributed by atoms with E-state index in [-0.39, 0.29) is 17.3 Å². The van der Waals surface area contributed by atoms with Crippen LogP contribution >= 0.6 is 35.1 Å². The predicted molar refractivity (Wildman–Crippen MR) is 176 cm³/mol. The Balaban J connectivity index is 1.51. The molecule has 1 aliphatic rings. The van der Waals surface area contributed by atoms with Crippen LogP contribution < -0.4 is 0 Å². The monoisotopic (exact) mass is 639 g/mol. The van der Waals surface area contributed by atoms with Gasteiger partial charge in [0, 0.05) is 42.9 Å². The van der Waals surface area contributed by atoms with Crippen molar-refractivity contribution in [3.8, 4) is 33.5 Å². The Bertz CT molecular complexity index is 2050. The minimum absolute atomic E-state index is 0.121. The number of carboxylic acids is 1. The van der Waals surface area contributed by atoms with Gasteiger partial charge in [0.1, 0.15) is 5.82 Å². The lowest BCUT2D eigenvalue weighted by molar-refractivity contribution is 0.00864. The highest BCUT2D eigenvalue weighted by molar-refractivity contribution is 7.98. The summed E-state index contributed by atoms with van der Waals surface area (Å²) in [5.74, 6) is -1.11. The number of aromatic carboxylic acids is 1. The van der Waals surface area contributed by atoms with Crippen molar-refractivity contribution >= 4 is 52.0 Å². The molecule has 218 valence electrons. The van der Waals surface area contributed by atoms with Crippen LogP contribution in [0.1, 0.15) is 21.8 Å². The van der Waals surface area contributed by atoms with Crippen LogP contribution in [-0.4, -0.2) is 28.3 Å². The van der Waals surface area contributed by atoms with E-state index in [1.165, 1.54) is 24.1 Å². The van der Waals surface area contributed by atoms with E-state index in [4.69, 9.17) is 27.9 Å². The molecule has 1 saturated heterocycles. The third kappa shape index (κ3) is 5.29. The average molecular weight is 641 g/mol. The summed E-state index contributed by atoms with van der Waals surface area (Å²) in [6, 6.07) is 33.5. The fourth-order valence-electron chi connectivity index (χ4n) is 5.68. The molecule has 0 aliphatic carbocycles. The number of benzene rings is 5. The van der Waals surface area contributed by atoms with Crippen molar-refractivity contribution in [3.63, 3.8) is 0 Å². The molecule has 44 heavy (non-hydrogen) atoms. The summed E-state index contributed by atoms with van der Waals surface area (Å²) in [5.41, 5.74) is 7.43. The fourth-order valence-corrected chi connectivity index (χ4v) is 7.11. The van der Waals surface area contributed by atoms with E-state index in [0.717, 1.165) is 49.3 Å². The molecule has 0 saturated carbocycles. The molecule has 0 bridgehead atoms. The van der Waals surface area contributed by atoms with Gasteiger partial charge in [-0.2, -0.15) is 0 Å². The van der Waals surface area contributed by atoms with Crippen molar-refractivity contribution in [2.45, 2.75) is 10.8 Å². The topological polar surface area (TPSA) is 51.5 Å². The zero-order valence-corrected chi connectivity index (χ0v) is 25.5. The second-order valence-corrected chi connectivity index (χ2v) is 12.5. The predicted octanol–water partition coefficient (Wildman–Crippen LogP) is 10.5. The summed E-state index contributed by atoms with van der Waals surface area (Å²) in [4.78, 5) is 12.5. The van der Waals surface area contributed by atoms with Crippen LogP contribution in [-0.2, 0) is 4.74 Å². The summed E-state index contributed by atoms with van der Waals surface area (Å²) < 4.78 is 22.7. The van der Waals surface area contributed by atoms with E-state index in [1.54, 1.807) is 18.2 Å². The van der Waals surface area contributed by atoms with E-state index < -0.39 is 5.97 Å². The van der Waals surface area contributed by atoms with E-state index in [1.807, 2.05) is 66.7 Å². The fraction of sp³-hybridized carbons (Fsp3) is 0.0833. The Hall–Kier alpha value is -4.07. The van der Waals surface area contributed by atoms with Crippen molar-refractivity contribution in [3.05, 3.63) is 136 Å². The quantitative estimate of drug-likeness (QED) is 0.189. The van der Waals surface area contributed by atoms with Crippen molar-refractivity contribution in [1.29, 1.82) is 0 Å². The lowest BCUT2D eigenvalue weighted by atomic mass is 9.87. The van der Waals surface area contributed by atoms with Crippen LogP contribution in [0.5, 0.6) is 0 Å². The van der Waals surface area contributed by atoms with Gasteiger partial charge in [-0.25, -0.2) is 9.18 Å². The zero-order chi connectivity index (χ0) is 30.4. The van der Waals surface area contributed by atoms with E-state index >= 15 is 0 Å². The van der Waals surface area contributed by atoms with Gasteiger partial charge in [-0.15, -0.1) is 0 Å². The summed E-state index contributed by atoms with van der Waals surface area (Å²) in [6.07, 6.45) is 0. The molecule has 0 radical (unpaired) electrons. The summed E-state index contributed by atoms with van der Waals surface area (Å²) in [7, 11) is 0. The smallest absolute Gasteiger partial charge is 0.335 e. The maximum absolute atomic E-state index is 15.0. The van der Waals surface area contributed by atoms with Gasteiger partial charge in [0.2, 0.25) is 0 Å². The zero-order valence-electron chi connectivity index (χ0n) is 23.1. The van der Waals surface area contributed by atoms with Crippen LogP contribution in [0.15, 0.2) is 114 Å². The molecule has 0 amide bonds. The number of fused-ring (bicyclic) bond motifs is 1. The van der Waals surface area contributed by atoms with Gasteiger partial charge in [0.25, 0.3) is 0 Å². The molecule has 0 spiro atoms. The van der Waals surface area contributed by atoms with Crippen LogP contribution in [0.4, 0.5) is 4.39 Å². The van der Waals surface area contributed by atoms with Crippen molar-refractivity contribution in [2.24, 2.45) is 0 Å². The Morgan fingerprint density at radius 2 is 1.61 bits per heavy atom. The lowest BCUT2D eigenvalue weighted by Gasteiger charge is -2.28. The molecule has 1 N–H and O–H groups in total. The van der Waals surface area contributed by atoms with Crippen LogP contribution in [0.2, 0.25) is 10.0 Å². The van der Waals surface area contributed by atoms with Gasteiger partial charge in [-0.05, 0) is 89.3 Å². The molecule has 1 aliphatic heterocycles. The molecule has 1 fully saturated rings. The SMILES string of the molecule is O=C(O)c1ccc(-c2cccc(-c3c(-c4ccccc4C4COC4)c4cc(F)ccc4n3Sc3ccc(Cl)cc3)c2)c(Cl)c1. The Labute approximate surface area is 267 Å². The first kappa shape index (κ1) is 28.7. The van der Waals surface area contributed by atoms with Crippen LogP contribution in [0, 0.1) is 5.82 Å². The van der Waals surface area contributed by atoms with Crippen LogP contribution in [0.3, 0.4) is 0 Å². The number of hydrogen-bond donors (Lipinski definition) is 1. The molecule has 4 nitrogen and oxygen atoms in total. The van der Waals surface area contributed by atoms with Crippen molar-refractivity contribution in [2.75, 3.05) is 13.2 Å². The van der Waals surface area contributed by atoms with Gasteiger partial charge >= 0.3 is 5.97 Å². The first-order valence-electron chi connectivity index (χ1n) is 14.0. The van der Waals surface area contributed by atoms with E-state index in [9.17, 15) is 14.3 Å². The molecule has 1 aromatic heterocycles. The van der Waals surface area contributed by atoms with Gasteiger partial charge in [0.15, 0.2) is 0 Å². The number of aromatic nitrogens is 1. The highest BCUT2D eigenvalue weighted by atomic mass is 35.5. The second kappa shape index (κ2) is 11.8. The largest absolute Gasteiger partial charge is 0.478 e. The summed E-state index contributed by atoms with van der Waals surface area (Å²) >= 11 is 14.3. The van der Waals surface area contributed by atoms with Gasteiger partial charge < -0.3 is 9.84 Å². The number of hydrogen-bond acceptors (Lipinski definition) is 3. The molecule has 8 heteroatoms. The molecule has 2 heterocycles. The Morgan fingerprint density at radius 3 is 2.34 bits per heavy atom. The number of halogens is 3. The molecular formula is C36H24Cl2FNO3S. The minimum Gasteiger partial charge on any atom is -0.478 e.